The van der Waals surface area contributed by atoms with E-state index in [-0.39, 0.29) is 0 Å². The van der Waals surface area contributed by atoms with Crippen molar-refractivity contribution in [2.45, 2.75) is 12.8 Å². The summed E-state index contributed by atoms with van der Waals surface area (Å²) in [5, 5.41) is 0. The Hall–Kier alpha value is -1.44. The lowest BCUT2D eigenvalue weighted by molar-refractivity contribution is 1.09. The highest BCUT2D eigenvalue weighted by atomic mass is 14.7. The number of rotatable bonds is 1. The lowest BCUT2D eigenvalue weighted by Gasteiger charge is -2.04. The highest BCUT2D eigenvalue weighted by Gasteiger charge is 2.00. The van der Waals surface area contributed by atoms with Gasteiger partial charge in [-0.05, 0) is 25.0 Å². The van der Waals surface area contributed by atoms with E-state index in [0.717, 1.165) is 24.1 Å². The topological polar surface area (TPSA) is 25.2 Å². The van der Waals surface area contributed by atoms with Crippen LogP contribution in [0, 0.1) is 0 Å². The van der Waals surface area contributed by atoms with Gasteiger partial charge in [0.15, 0.2) is 0 Å². The van der Waals surface area contributed by atoms with Crippen molar-refractivity contribution in [2.24, 2.45) is 4.99 Å². The molecular formula is C10H10N2. The van der Waals surface area contributed by atoms with Crippen LogP contribution in [-0.4, -0.2) is 11.2 Å². The summed E-state index contributed by atoms with van der Waals surface area (Å²) in [5.41, 5.74) is 2.16. The predicted octanol–water partition coefficient (Wildman–Crippen LogP) is 2.29. The summed E-state index contributed by atoms with van der Waals surface area (Å²) >= 11 is 0. The van der Waals surface area contributed by atoms with E-state index >= 15 is 0 Å². The summed E-state index contributed by atoms with van der Waals surface area (Å²) in [4.78, 5) is 8.34. The van der Waals surface area contributed by atoms with Crippen LogP contribution in [0.1, 0.15) is 18.4 Å². The molecule has 2 nitrogen and oxygen atoms in total. The first-order valence-electron chi connectivity index (χ1n) is 4.10. The van der Waals surface area contributed by atoms with Crippen molar-refractivity contribution in [3.63, 3.8) is 0 Å². The third-order valence-electron chi connectivity index (χ3n) is 1.82. The van der Waals surface area contributed by atoms with Crippen LogP contribution in [0.25, 0.3) is 5.70 Å². The van der Waals surface area contributed by atoms with E-state index in [1.807, 2.05) is 24.5 Å². The third kappa shape index (κ3) is 1.42. The Balaban J connectivity index is 2.31. The van der Waals surface area contributed by atoms with Crippen LogP contribution in [0.2, 0.25) is 0 Å². The average molecular weight is 158 g/mol. The molecule has 0 fully saturated rings. The van der Waals surface area contributed by atoms with Crippen LogP contribution < -0.4 is 0 Å². The van der Waals surface area contributed by atoms with Crippen molar-refractivity contribution in [2.75, 3.05) is 0 Å². The van der Waals surface area contributed by atoms with Crippen LogP contribution in [0.5, 0.6) is 0 Å². The number of pyridine rings is 1. The fourth-order valence-electron chi connectivity index (χ4n) is 1.22. The lowest BCUT2D eigenvalue weighted by atomic mass is 10.1. The average Bonchev–Trinajstić information content (AvgIpc) is 2.21. The van der Waals surface area contributed by atoms with Crippen LogP contribution >= 0.6 is 0 Å². The zero-order chi connectivity index (χ0) is 8.23. The SMILES string of the molecule is C1=NC(c2cccnc2)=CCC1. The van der Waals surface area contributed by atoms with E-state index < -0.39 is 0 Å². The molecule has 60 valence electrons. The van der Waals surface area contributed by atoms with Crippen LogP contribution in [0.3, 0.4) is 0 Å². The smallest absolute Gasteiger partial charge is 0.0673 e. The minimum absolute atomic E-state index is 1.05. The Morgan fingerprint density at radius 1 is 1.25 bits per heavy atom. The first kappa shape index (κ1) is 7.22. The maximum Gasteiger partial charge on any atom is 0.0673 e. The number of hydrogen-bond acceptors (Lipinski definition) is 2. The van der Waals surface area contributed by atoms with E-state index in [1.165, 1.54) is 0 Å². The number of aliphatic imine (C=N–C) groups is 1. The van der Waals surface area contributed by atoms with Crippen LogP contribution in [0.4, 0.5) is 0 Å². The molecule has 12 heavy (non-hydrogen) atoms. The van der Waals surface area contributed by atoms with Gasteiger partial charge >= 0.3 is 0 Å². The zero-order valence-corrected chi connectivity index (χ0v) is 6.77. The van der Waals surface area contributed by atoms with Gasteiger partial charge in [0.2, 0.25) is 0 Å². The highest BCUT2D eigenvalue weighted by Crippen LogP contribution is 2.17. The van der Waals surface area contributed by atoms with E-state index in [0.29, 0.717) is 0 Å². The molecule has 1 aromatic rings. The molecule has 0 bridgehead atoms. The Morgan fingerprint density at radius 2 is 2.25 bits per heavy atom. The minimum atomic E-state index is 1.05. The van der Waals surface area contributed by atoms with Crippen molar-refractivity contribution in [1.82, 2.24) is 4.98 Å². The van der Waals surface area contributed by atoms with Gasteiger partial charge in [0.05, 0.1) is 5.70 Å². The second-order valence-electron chi connectivity index (χ2n) is 2.72. The van der Waals surface area contributed by atoms with Crippen LogP contribution in [0.15, 0.2) is 35.6 Å². The van der Waals surface area contributed by atoms with Crippen molar-refractivity contribution >= 4 is 11.9 Å². The summed E-state index contributed by atoms with van der Waals surface area (Å²) in [6.45, 7) is 0. The van der Waals surface area contributed by atoms with Gasteiger partial charge in [0, 0.05) is 24.2 Å². The van der Waals surface area contributed by atoms with E-state index in [4.69, 9.17) is 0 Å². The van der Waals surface area contributed by atoms with Gasteiger partial charge in [0.1, 0.15) is 0 Å². The second-order valence-corrected chi connectivity index (χ2v) is 2.72. The van der Waals surface area contributed by atoms with Gasteiger partial charge in [-0.25, -0.2) is 0 Å². The first-order valence-corrected chi connectivity index (χ1v) is 4.10. The molecule has 0 saturated heterocycles. The molecular weight excluding hydrogens is 148 g/mol. The Morgan fingerprint density at radius 3 is 2.92 bits per heavy atom. The fourth-order valence-corrected chi connectivity index (χ4v) is 1.22. The normalized spacial score (nSPS) is 15.8. The van der Waals surface area contributed by atoms with Gasteiger partial charge in [-0.1, -0.05) is 6.08 Å². The van der Waals surface area contributed by atoms with Gasteiger partial charge in [-0.3, -0.25) is 9.98 Å². The second kappa shape index (κ2) is 3.30. The summed E-state index contributed by atoms with van der Waals surface area (Å²) in [6.07, 6.45) is 9.88. The highest BCUT2D eigenvalue weighted by molar-refractivity contribution is 5.75. The molecule has 0 spiro atoms. The molecule has 0 N–H and O–H groups in total. The minimum Gasteiger partial charge on any atom is -0.264 e. The summed E-state index contributed by atoms with van der Waals surface area (Å²) in [7, 11) is 0. The maximum atomic E-state index is 4.30. The Bertz CT molecular complexity index is 312. The zero-order valence-electron chi connectivity index (χ0n) is 6.77. The molecule has 0 aromatic carbocycles. The number of hydrogen-bond donors (Lipinski definition) is 0. The largest absolute Gasteiger partial charge is 0.264 e. The van der Waals surface area contributed by atoms with Gasteiger partial charge < -0.3 is 0 Å². The van der Waals surface area contributed by atoms with Crippen molar-refractivity contribution in [3.8, 4) is 0 Å². The van der Waals surface area contributed by atoms with E-state index in [1.54, 1.807) is 6.20 Å². The Kier molecular flexibility index (Phi) is 1.99. The molecule has 1 aliphatic rings. The number of allylic oxidation sites excluding steroid dienone is 1. The number of nitrogens with zero attached hydrogens (tertiary/aromatic N) is 2. The maximum absolute atomic E-state index is 4.30. The van der Waals surface area contributed by atoms with Gasteiger partial charge in [0.25, 0.3) is 0 Å². The molecule has 0 unspecified atom stereocenters. The molecule has 2 rings (SSSR count). The number of aromatic nitrogens is 1. The lowest BCUT2D eigenvalue weighted by Crippen LogP contribution is -1.88. The van der Waals surface area contributed by atoms with Gasteiger partial charge in [-0.2, -0.15) is 0 Å². The van der Waals surface area contributed by atoms with Crippen molar-refractivity contribution < 1.29 is 0 Å². The van der Waals surface area contributed by atoms with Gasteiger partial charge in [-0.15, -0.1) is 0 Å². The molecule has 0 saturated carbocycles. The predicted molar refractivity (Wildman–Crippen MR) is 49.9 cm³/mol. The van der Waals surface area contributed by atoms with E-state index in [9.17, 15) is 0 Å². The first-order chi connectivity index (χ1) is 5.97. The van der Waals surface area contributed by atoms with E-state index in [2.05, 4.69) is 16.1 Å². The molecule has 0 radical (unpaired) electrons. The molecule has 2 heteroatoms. The molecule has 2 heterocycles. The summed E-state index contributed by atoms with van der Waals surface area (Å²) in [6, 6.07) is 3.96. The Labute approximate surface area is 71.7 Å². The molecule has 0 atom stereocenters. The molecule has 0 aliphatic carbocycles. The summed E-state index contributed by atoms with van der Waals surface area (Å²) in [5.74, 6) is 0. The molecule has 1 aromatic heterocycles. The standard InChI is InChI=1S/C10H10N2/c1-2-7-12-10(5-1)9-4-3-6-11-8-9/h3-8H,1-2H2. The van der Waals surface area contributed by atoms with Crippen LogP contribution in [-0.2, 0) is 0 Å². The quantitative estimate of drug-likeness (QED) is 0.615. The molecule has 0 amide bonds. The monoisotopic (exact) mass is 158 g/mol. The van der Waals surface area contributed by atoms with Crippen molar-refractivity contribution in [3.05, 3.63) is 36.2 Å². The van der Waals surface area contributed by atoms with Crippen molar-refractivity contribution in [1.29, 1.82) is 0 Å². The summed E-state index contributed by atoms with van der Waals surface area (Å²) < 4.78 is 0. The fraction of sp³-hybridized carbons (Fsp3) is 0.200. The third-order valence-corrected chi connectivity index (χ3v) is 1.82. The molecule has 1 aliphatic heterocycles.